The van der Waals surface area contributed by atoms with E-state index in [1.54, 1.807) is 4.90 Å². The quantitative estimate of drug-likeness (QED) is 0.684. The van der Waals surface area contributed by atoms with Crippen LogP contribution in [0.15, 0.2) is 46.1 Å². The van der Waals surface area contributed by atoms with Crippen LogP contribution in [0.4, 0.5) is 5.95 Å². The number of amides is 1. The first kappa shape index (κ1) is 17.1. The molecule has 2 aromatic heterocycles. The molecular formula is C18H20N6O3. The Balaban J connectivity index is 1.44. The highest BCUT2D eigenvalue weighted by molar-refractivity contribution is 5.78. The van der Waals surface area contributed by atoms with Crippen LogP contribution >= 0.6 is 0 Å². The fraction of sp³-hybridized carbons (Fsp3) is 0.333. The second-order valence-corrected chi connectivity index (χ2v) is 6.54. The average Bonchev–Trinajstić information content (AvgIpc) is 2.93. The van der Waals surface area contributed by atoms with E-state index in [0.717, 1.165) is 29.9 Å². The van der Waals surface area contributed by atoms with Crippen molar-refractivity contribution in [3.05, 3.63) is 57.4 Å². The highest BCUT2D eigenvalue weighted by Gasteiger charge is 2.21. The number of anilines is 1. The van der Waals surface area contributed by atoms with Crippen LogP contribution in [-0.4, -0.2) is 56.5 Å². The van der Waals surface area contributed by atoms with E-state index in [1.807, 2.05) is 24.3 Å². The molecule has 1 aliphatic rings. The van der Waals surface area contributed by atoms with Crippen molar-refractivity contribution in [2.75, 3.05) is 31.1 Å². The highest BCUT2D eigenvalue weighted by Crippen LogP contribution is 2.18. The van der Waals surface area contributed by atoms with Crippen molar-refractivity contribution >= 4 is 22.9 Å². The van der Waals surface area contributed by atoms with Gasteiger partial charge in [-0.15, -0.1) is 0 Å². The molecule has 1 amide bonds. The fourth-order valence-electron chi connectivity index (χ4n) is 3.28. The zero-order chi connectivity index (χ0) is 18.8. The lowest BCUT2D eigenvalue weighted by Crippen LogP contribution is -2.40. The molecule has 0 unspecified atom stereocenters. The average molecular weight is 368 g/mol. The minimum Gasteiger partial charge on any atom is -0.341 e. The number of H-pyrrole nitrogens is 2. The molecule has 2 N–H and O–H groups in total. The van der Waals surface area contributed by atoms with Crippen LogP contribution in [-0.2, 0) is 11.3 Å². The second kappa shape index (κ2) is 7.10. The molecule has 0 bridgehead atoms. The summed E-state index contributed by atoms with van der Waals surface area (Å²) in [5.41, 5.74) is 0.860. The third kappa shape index (κ3) is 3.62. The molecule has 0 radical (unpaired) electrons. The van der Waals surface area contributed by atoms with Gasteiger partial charge < -0.3 is 14.8 Å². The van der Waals surface area contributed by atoms with Crippen molar-refractivity contribution in [1.82, 2.24) is 24.4 Å². The highest BCUT2D eigenvalue weighted by atomic mass is 16.2. The van der Waals surface area contributed by atoms with Crippen LogP contribution in [0.3, 0.4) is 0 Å². The zero-order valence-corrected chi connectivity index (χ0v) is 14.7. The number of carbonyl (C=O) groups is 1. The number of fused-ring (bicyclic) bond motifs is 1. The molecule has 1 aromatic carbocycles. The molecule has 9 heteroatoms. The van der Waals surface area contributed by atoms with Crippen molar-refractivity contribution in [1.29, 1.82) is 0 Å². The lowest BCUT2D eigenvalue weighted by Gasteiger charge is -2.22. The molecular weight excluding hydrogens is 348 g/mol. The van der Waals surface area contributed by atoms with Crippen LogP contribution in [0.5, 0.6) is 0 Å². The van der Waals surface area contributed by atoms with Gasteiger partial charge in [-0.05, 0) is 18.6 Å². The van der Waals surface area contributed by atoms with Crippen LogP contribution in [0.2, 0.25) is 0 Å². The van der Waals surface area contributed by atoms with Crippen LogP contribution < -0.4 is 16.1 Å². The summed E-state index contributed by atoms with van der Waals surface area (Å²) in [5.74, 6) is 0.665. The minimum absolute atomic E-state index is 0.0831. The summed E-state index contributed by atoms with van der Waals surface area (Å²) >= 11 is 0. The monoisotopic (exact) mass is 368 g/mol. The van der Waals surface area contributed by atoms with Crippen LogP contribution in [0, 0.1) is 0 Å². The first-order valence-corrected chi connectivity index (χ1v) is 8.87. The molecule has 0 saturated carbocycles. The molecule has 1 saturated heterocycles. The Labute approximate surface area is 154 Å². The number of nitrogens with one attached hydrogen (secondary N) is 2. The molecule has 140 valence electrons. The Bertz CT molecular complexity index is 1050. The third-order valence-electron chi connectivity index (χ3n) is 4.73. The number of benzene rings is 1. The number of nitrogens with zero attached hydrogens (tertiary/aromatic N) is 4. The maximum atomic E-state index is 12.6. The molecule has 3 heterocycles. The topological polar surface area (TPSA) is 107 Å². The van der Waals surface area contributed by atoms with Gasteiger partial charge in [0.05, 0.1) is 11.0 Å². The van der Waals surface area contributed by atoms with Gasteiger partial charge in [0.15, 0.2) is 0 Å². The largest absolute Gasteiger partial charge is 0.341 e. The van der Waals surface area contributed by atoms with Crippen molar-refractivity contribution in [2.24, 2.45) is 0 Å². The Morgan fingerprint density at radius 1 is 1.04 bits per heavy atom. The molecule has 3 aromatic rings. The molecule has 9 nitrogen and oxygen atoms in total. The predicted molar refractivity (Wildman–Crippen MR) is 101 cm³/mol. The zero-order valence-electron chi connectivity index (χ0n) is 14.7. The normalized spacial score (nSPS) is 15.1. The van der Waals surface area contributed by atoms with E-state index in [2.05, 4.69) is 19.9 Å². The third-order valence-corrected chi connectivity index (χ3v) is 4.73. The SMILES string of the molecule is O=C(Cn1ccc(=O)[nH]c1=O)N1CCCN(c2nc3ccccc3[nH]2)CC1. The molecule has 4 rings (SSSR count). The van der Waals surface area contributed by atoms with Gasteiger partial charge in [-0.25, -0.2) is 9.78 Å². The maximum Gasteiger partial charge on any atom is 0.328 e. The molecule has 0 aliphatic carbocycles. The van der Waals surface area contributed by atoms with Crippen molar-refractivity contribution in [3.63, 3.8) is 0 Å². The lowest BCUT2D eigenvalue weighted by atomic mass is 10.3. The minimum atomic E-state index is -0.574. The van der Waals surface area contributed by atoms with Gasteiger partial charge in [-0.3, -0.25) is 19.1 Å². The summed E-state index contributed by atoms with van der Waals surface area (Å²) in [5, 5.41) is 0. The molecule has 1 fully saturated rings. The summed E-state index contributed by atoms with van der Waals surface area (Å²) in [4.78, 5) is 49.5. The van der Waals surface area contributed by atoms with E-state index in [9.17, 15) is 14.4 Å². The Hall–Kier alpha value is -3.36. The predicted octanol–water partition coefficient (Wildman–Crippen LogP) is 0.152. The van der Waals surface area contributed by atoms with Gasteiger partial charge in [0, 0.05) is 38.4 Å². The number of aromatic nitrogens is 4. The van der Waals surface area contributed by atoms with E-state index in [-0.39, 0.29) is 12.5 Å². The number of rotatable bonds is 3. The van der Waals surface area contributed by atoms with Crippen molar-refractivity contribution in [2.45, 2.75) is 13.0 Å². The summed E-state index contributed by atoms with van der Waals surface area (Å²) in [6.45, 7) is 2.54. The Morgan fingerprint density at radius 3 is 2.70 bits per heavy atom. The van der Waals surface area contributed by atoms with E-state index in [1.165, 1.54) is 16.8 Å². The van der Waals surface area contributed by atoms with E-state index in [0.29, 0.717) is 19.6 Å². The number of carbonyl (C=O) groups excluding carboxylic acids is 1. The molecule has 27 heavy (non-hydrogen) atoms. The van der Waals surface area contributed by atoms with Gasteiger partial charge in [-0.2, -0.15) is 0 Å². The fourth-order valence-corrected chi connectivity index (χ4v) is 3.28. The number of hydrogen-bond donors (Lipinski definition) is 2. The maximum absolute atomic E-state index is 12.6. The summed E-state index contributed by atoms with van der Waals surface area (Å²) < 4.78 is 1.21. The van der Waals surface area contributed by atoms with Gasteiger partial charge in [0.2, 0.25) is 11.9 Å². The van der Waals surface area contributed by atoms with Gasteiger partial charge in [0.1, 0.15) is 6.54 Å². The van der Waals surface area contributed by atoms with Crippen LogP contribution in [0.25, 0.3) is 11.0 Å². The number of hydrogen-bond acceptors (Lipinski definition) is 5. The first-order chi connectivity index (χ1) is 13.1. The summed E-state index contributed by atoms with van der Waals surface area (Å²) in [7, 11) is 0. The number of imidazole rings is 1. The van der Waals surface area contributed by atoms with Crippen molar-refractivity contribution < 1.29 is 4.79 Å². The Morgan fingerprint density at radius 2 is 1.89 bits per heavy atom. The Kier molecular flexibility index (Phi) is 4.49. The number of aromatic amines is 2. The first-order valence-electron chi connectivity index (χ1n) is 8.87. The molecule has 0 atom stereocenters. The van der Waals surface area contributed by atoms with Gasteiger partial charge in [-0.1, -0.05) is 12.1 Å². The van der Waals surface area contributed by atoms with Crippen LogP contribution in [0.1, 0.15) is 6.42 Å². The lowest BCUT2D eigenvalue weighted by molar-refractivity contribution is -0.131. The van der Waals surface area contributed by atoms with E-state index in [4.69, 9.17) is 0 Å². The van der Waals surface area contributed by atoms with E-state index >= 15 is 0 Å². The smallest absolute Gasteiger partial charge is 0.328 e. The van der Waals surface area contributed by atoms with Gasteiger partial charge in [0.25, 0.3) is 5.56 Å². The second-order valence-electron chi connectivity index (χ2n) is 6.54. The van der Waals surface area contributed by atoms with Crippen molar-refractivity contribution in [3.8, 4) is 0 Å². The number of para-hydroxylation sites is 2. The summed E-state index contributed by atoms with van der Waals surface area (Å²) in [6, 6.07) is 9.10. The summed E-state index contributed by atoms with van der Waals surface area (Å²) in [6.07, 6.45) is 2.15. The molecule has 0 spiro atoms. The molecule has 1 aliphatic heterocycles. The van der Waals surface area contributed by atoms with E-state index < -0.39 is 11.2 Å². The standard InChI is InChI=1S/C18H20N6O3/c25-15-6-9-24(18(27)21-15)12-16(26)22-7-3-8-23(11-10-22)17-19-13-4-1-2-5-14(13)20-17/h1-2,4-6,9H,3,7-8,10-12H2,(H,19,20)(H,21,25,27). The van der Waals surface area contributed by atoms with Gasteiger partial charge >= 0.3 is 5.69 Å².